The zero-order valence-corrected chi connectivity index (χ0v) is 8.59. The van der Waals surface area contributed by atoms with E-state index < -0.39 is 12.0 Å². The molecule has 0 spiro atoms. The Balaban J connectivity index is 2.47. The van der Waals surface area contributed by atoms with Crippen molar-refractivity contribution in [2.45, 2.75) is 12.5 Å². The number of amides is 1. The second-order valence-corrected chi connectivity index (χ2v) is 3.58. The number of rotatable bonds is 3. The minimum Gasteiger partial charge on any atom is -0.370 e. The number of primary amides is 1. The van der Waals surface area contributed by atoms with E-state index in [0.717, 1.165) is 10.9 Å². The molecule has 1 amide bonds. The van der Waals surface area contributed by atoms with Gasteiger partial charge in [0.2, 0.25) is 5.91 Å². The highest BCUT2D eigenvalue weighted by atomic mass is 16.3. The van der Waals surface area contributed by atoms with Crippen molar-refractivity contribution in [3.63, 3.8) is 0 Å². The summed E-state index contributed by atoms with van der Waals surface area (Å²) in [6.07, 6.45) is 0.266. The normalized spacial score (nSPS) is 12.6. The molecule has 0 aliphatic carbocycles. The van der Waals surface area contributed by atoms with E-state index in [0.29, 0.717) is 5.56 Å². The van der Waals surface area contributed by atoms with Crippen LogP contribution in [0, 0.1) is 0 Å². The lowest BCUT2D eigenvalue weighted by molar-refractivity contribution is -0.120. The van der Waals surface area contributed by atoms with Gasteiger partial charge in [0.15, 0.2) is 0 Å². The molecule has 1 atom stereocenters. The molecule has 81 valence electrons. The third-order valence-electron chi connectivity index (χ3n) is 2.42. The van der Waals surface area contributed by atoms with Crippen LogP contribution in [0.15, 0.2) is 36.5 Å². The van der Waals surface area contributed by atoms with Crippen LogP contribution >= 0.6 is 0 Å². The van der Waals surface area contributed by atoms with Crippen molar-refractivity contribution in [2.24, 2.45) is 5.73 Å². The molecule has 1 heterocycles. The van der Waals surface area contributed by atoms with Crippen molar-refractivity contribution in [3.05, 3.63) is 42.1 Å². The number of nitrogens with zero attached hydrogens (tertiary/aromatic N) is 1. The molecule has 1 unspecified atom stereocenters. The molecule has 1 aromatic carbocycles. The standard InChI is InChI=1S/C12H11N2O2/c13-12(16)7-11(15)9-5-6-14-10-4-2-1-3-8(9)10/h1-6,11H,7H2,(H2,13,16). The fraction of sp³-hybridized carbons (Fsp3) is 0.167. The average Bonchev–Trinajstić information content (AvgIpc) is 2.27. The van der Waals surface area contributed by atoms with Crippen LogP contribution in [0.4, 0.5) is 0 Å². The van der Waals surface area contributed by atoms with E-state index in [4.69, 9.17) is 5.73 Å². The number of aromatic nitrogens is 1. The first-order valence-electron chi connectivity index (χ1n) is 4.96. The van der Waals surface area contributed by atoms with Gasteiger partial charge in [-0.05, 0) is 17.7 Å². The number of carbonyl (C=O) groups excluding carboxylic acids is 1. The van der Waals surface area contributed by atoms with Crippen molar-refractivity contribution in [2.75, 3.05) is 0 Å². The van der Waals surface area contributed by atoms with Gasteiger partial charge in [0.05, 0.1) is 11.9 Å². The third-order valence-corrected chi connectivity index (χ3v) is 2.42. The Morgan fingerprint density at radius 2 is 2.06 bits per heavy atom. The van der Waals surface area contributed by atoms with Crippen LogP contribution in [0.1, 0.15) is 18.1 Å². The number of para-hydroxylation sites is 1. The fourth-order valence-electron chi connectivity index (χ4n) is 1.69. The summed E-state index contributed by atoms with van der Waals surface area (Å²) >= 11 is 0. The van der Waals surface area contributed by atoms with Crippen molar-refractivity contribution in [1.82, 2.24) is 4.98 Å². The Morgan fingerprint density at radius 3 is 2.81 bits per heavy atom. The van der Waals surface area contributed by atoms with Gasteiger partial charge in [0.25, 0.3) is 0 Å². The van der Waals surface area contributed by atoms with E-state index in [2.05, 4.69) is 4.98 Å². The Labute approximate surface area is 92.7 Å². The Morgan fingerprint density at radius 1 is 1.31 bits per heavy atom. The topological polar surface area (TPSA) is 75.9 Å². The molecule has 2 rings (SSSR count). The molecule has 0 saturated heterocycles. The third kappa shape index (κ3) is 2.01. The molecule has 16 heavy (non-hydrogen) atoms. The number of benzene rings is 1. The molecule has 1 radical (unpaired) electrons. The molecule has 2 aromatic rings. The minimum absolute atomic E-state index is 0.187. The zero-order valence-electron chi connectivity index (χ0n) is 8.59. The zero-order chi connectivity index (χ0) is 11.5. The number of nitrogens with two attached hydrogens (primary N) is 1. The van der Waals surface area contributed by atoms with Crippen LogP contribution in [-0.4, -0.2) is 10.9 Å². The highest BCUT2D eigenvalue weighted by Crippen LogP contribution is 2.24. The lowest BCUT2D eigenvalue weighted by Gasteiger charge is -2.09. The van der Waals surface area contributed by atoms with E-state index in [1.807, 2.05) is 24.3 Å². The van der Waals surface area contributed by atoms with Gasteiger partial charge < -0.3 is 5.73 Å². The van der Waals surface area contributed by atoms with Crippen molar-refractivity contribution in [1.29, 1.82) is 0 Å². The van der Waals surface area contributed by atoms with Gasteiger partial charge in [-0.25, -0.2) is 5.11 Å². The number of pyridine rings is 1. The largest absolute Gasteiger partial charge is 0.370 e. The fourth-order valence-corrected chi connectivity index (χ4v) is 1.69. The molecule has 1 aromatic heterocycles. The molecule has 0 aliphatic rings. The quantitative estimate of drug-likeness (QED) is 0.843. The highest BCUT2D eigenvalue weighted by molar-refractivity contribution is 5.83. The van der Waals surface area contributed by atoms with Crippen molar-refractivity contribution >= 4 is 16.8 Å². The number of hydrogen-bond acceptors (Lipinski definition) is 2. The van der Waals surface area contributed by atoms with Gasteiger partial charge in [-0.1, -0.05) is 18.2 Å². The summed E-state index contributed by atoms with van der Waals surface area (Å²) in [7, 11) is 0. The second kappa shape index (κ2) is 4.28. The monoisotopic (exact) mass is 215 g/mol. The number of carbonyl (C=O) groups is 1. The van der Waals surface area contributed by atoms with Crippen LogP contribution in [0.25, 0.3) is 10.9 Å². The van der Waals surface area contributed by atoms with Crippen LogP contribution in [-0.2, 0) is 9.90 Å². The molecule has 0 fully saturated rings. The molecular weight excluding hydrogens is 204 g/mol. The van der Waals surface area contributed by atoms with E-state index in [1.54, 1.807) is 12.3 Å². The molecule has 0 saturated carbocycles. The summed E-state index contributed by atoms with van der Waals surface area (Å²) < 4.78 is 0. The molecule has 0 aliphatic heterocycles. The second-order valence-electron chi connectivity index (χ2n) is 3.58. The van der Waals surface area contributed by atoms with E-state index in [-0.39, 0.29) is 6.42 Å². The SMILES string of the molecule is NC(=O)CC([O])c1ccnc2ccccc12. The maximum absolute atomic E-state index is 11.8. The van der Waals surface area contributed by atoms with E-state index in [9.17, 15) is 9.90 Å². The van der Waals surface area contributed by atoms with Crippen LogP contribution in [0.3, 0.4) is 0 Å². The first-order chi connectivity index (χ1) is 7.68. The van der Waals surface area contributed by atoms with E-state index in [1.165, 1.54) is 0 Å². The van der Waals surface area contributed by atoms with Gasteiger partial charge in [-0.2, -0.15) is 0 Å². The predicted octanol–water partition coefficient (Wildman–Crippen LogP) is 1.58. The van der Waals surface area contributed by atoms with Crippen LogP contribution in [0.5, 0.6) is 0 Å². The maximum Gasteiger partial charge on any atom is 0.220 e. The Bertz CT molecular complexity index is 520. The summed E-state index contributed by atoms with van der Waals surface area (Å²) in [5, 5.41) is 12.6. The molecule has 4 nitrogen and oxygen atoms in total. The predicted molar refractivity (Wildman–Crippen MR) is 59.0 cm³/mol. The summed E-state index contributed by atoms with van der Waals surface area (Å²) in [6, 6.07) is 8.99. The summed E-state index contributed by atoms with van der Waals surface area (Å²) in [5.41, 5.74) is 6.35. The molecule has 4 heteroatoms. The summed E-state index contributed by atoms with van der Waals surface area (Å²) in [5.74, 6) is -0.583. The highest BCUT2D eigenvalue weighted by Gasteiger charge is 2.15. The maximum atomic E-state index is 11.8. The van der Waals surface area contributed by atoms with Crippen molar-refractivity contribution in [3.8, 4) is 0 Å². The smallest absolute Gasteiger partial charge is 0.220 e. The summed E-state index contributed by atoms with van der Waals surface area (Å²) in [4.78, 5) is 14.9. The van der Waals surface area contributed by atoms with Crippen molar-refractivity contribution < 1.29 is 9.90 Å². The first-order valence-corrected chi connectivity index (χ1v) is 4.96. The summed E-state index contributed by atoms with van der Waals surface area (Å²) in [6.45, 7) is 0. The van der Waals surface area contributed by atoms with Gasteiger partial charge in [0.1, 0.15) is 6.10 Å². The Kier molecular flexibility index (Phi) is 2.83. The van der Waals surface area contributed by atoms with Gasteiger partial charge in [0, 0.05) is 11.6 Å². The molecule has 0 bridgehead atoms. The van der Waals surface area contributed by atoms with Gasteiger partial charge in [-0.15, -0.1) is 0 Å². The lowest BCUT2D eigenvalue weighted by Crippen LogP contribution is -2.14. The molecule has 2 N–H and O–H groups in total. The lowest BCUT2D eigenvalue weighted by atomic mass is 10.0. The number of fused-ring (bicyclic) bond motifs is 1. The first kappa shape index (κ1) is 10.6. The average molecular weight is 215 g/mol. The van der Waals surface area contributed by atoms with Gasteiger partial charge >= 0.3 is 0 Å². The minimum atomic E-state index is -1.12. The van der Waals surface area contributed by atoms with Crippen LogP contribution in [0.2, 0.25) is 0 Å². The molecular formula is C12H11N2O2. The van der Waals surface area contributed by atoms with E-state index >= 15 is 0 Å². The number of hydrogen-bond donors (Lipinski definition) is 1. The van der Waals surface area contributed by atoms with Crippen LogP contribution < -0.4 is 5.73 Å². The Hall–Kier alpha value is -1.94. The van der Waals surface area contributed by atoms with Gasteiger partial charge in [-0.3, -0.25) is 9.78 Å².